The summed E-state index contributed by atoms with van der Waals surface area (Å²) in [6, 6.07) is 15.9. The van der Waals surface area contributed by atoms with E-state index >= 15 is 0 Å². The maximum atomic E-state index is 13.2. The van der Waals surface area contributed by atoms with E-state index in [1.54, 1.807) is 0 Å². The van der Waals surface area contributed by atoms with Crippen molar-refractivity contribution in [1.29, 1.82) is 0 Å². The Hall–Kier alpha value is -3.78. The average molecular weight is 491 g/mol. The Kier molecular flexibility index (Phi) is 7.12. The molecule has 1 aliphatic rings. The van der Waals surface area contributed by atoms with Gasteiger partial charge in [-0.25, -0.2) is 9.59 Å². The molecule has 0 bridgehead atoms. The highest BCUT2D eigenvalue weighted by Crippen LogP contribution is 2.34. The number of hydrogen-bond acceptors (Lipinski definition) is 6. The van der Waals surface area contributed by atoms with Gasteiger partial charge in [0.15, 0.2) is 0 Å². The van der Waals surface area contributed by atoms with Gasteiger partial charge in [0.2, 0.25) is 0 Å². The molecule has 3 aromatic rings. The molecule has 1 aromatic heterocycles. The zero-order valence-electron chi connectivity index (χ0n) is 19.8. The fourth-order valence-electron chi connectivity index (χ4n) is 4.29. The minimum absolute atomic E-state index is 0.0865. The van der Waals surface area contributed by atoms with E-state index in [4.69, 9.17) is 21.7 Å². The van der Waals surface area contributed by atoms with Crippen LogP contribution in [0.15, 0.2) is 59.4 Å². The predicted octanol–water partition coefficient (Wildman–Crippen LogP) is 4.64. The molecule has 0 aliphatic carbocycles. The van der Waals surface area contributed by atoms with Crippen molar-refractivity contribution in [3.05, 3.63) is 98.5 Å². The first kappa shape index (κ1) is 24.3. The van der Waals surface area contributed by atoms with Crippen molar-refractivity contribution >= 4 is 34.8 Å². The van der Waals surface area contributed by atoms with Gasteiger partial charge in [-0.15, -0.1) is 0 Å². The van der Waals surface area contributed by atoms with Crippen LogP contribution in [0.25, 0.3) is 0 Å². The quantitative estimate of drug-likeness (QED) is 0.400. The van der Waals surface area contributed by atoms with E-state index in [1.807, 2.05) is 62.4 Å². The van der Waals surface area contributed by atoms with Crippen LogP contribution in [0.3, 0.4) is 0 Å². The number of nitrogens with zero attached hydrogens (tertiary/aromatic N) is 1. The first-order chi connectivity index (χ1) is 16.8. The summed E-state index contributed by atoms with van der Waals surface area (Å²) < 4.78 is 11.6. The lowest BCUT2D eigenvalue weighted by Crippen LogP contribution is -2.30. The number of carbonyl (C=O) groups is 2. The molecule has 1 amide bonds. The SMILES string of the molecule is COC(=O)[C@H]1CC(=S)c2c(NC(=O)OCc3ccccc3)c(Cc3cccc(C)c3C)cc(=O)n21. The van der Waals surface area contributed by atoms with Crippen molar-refractivity contribution in [1.82, 2.24) is 4.57 Å². The second-order valence-electron chi connectivity index (χ2n) is 8.49. The summed E-state index contributed by atoms with van der Waals surface area (Å²) in [6.45, 7) is 4.12. The molecule has 4 rings (SSSR count). The van der Waals surface area contributed by atoms with Crippen molar-refractivity contribution < 1.29 is 19.1 Å². The van der Waals surface area contributed by atoms with E-state index in [-0.39, 0.29) is 18.6 Å². The number of carbonyl (C=O) groups excluding carboxylic acids is 2. The molecule has 0 saturated heterocycles. The Morgan fingerprint density at radius 3 is 2.54 bits per heavy atom. The summed E-state index contributed by atoms with van der Waals surface area (Å²) in [7, 11) is 1.27. The van der Waals surface area contributed by atoms with Gasteiger partial charge in [-0.2, -0.15) is 0 Å². The van der Waals surface area contributed by atoms with Crippen LogP contribution in [-0.2, 0) is 27.3 Å². The lowest BCUT2D eigenvalue weighted by molar-refractivity contribution is -0.144. The maximum absolute atomic E-state index is 13.2. The fraction of sp³-hybridized carbons (Fsp3) is 0.259. The van der Waals surface area contributed by atoms with Gasteiger partial charge < -0.3 is 9.47 Å². The number of rotatable bonds is 6. The smallest absolute Gasteiger partial charge is 0.412 e. The van der Waals surface area contributed by atoms with Crippen LogP contribution in [0.1, 0.15) is 46.0 Å². The summed E-state index contributed by atoms with van der Waals surface area (Å²) >= 11 is 5.57. The van der Waals surface area contributed by atoms with Crippen LogP contribution < -0.4 is 10.9 Å². The Balaban J connectivity index is 1.75. The van der Waals surface area contributed by atoms with Crippen LogP contribution in [0.4, 0.5) is 10.5 Å². The number of methoxy groups -OCH3 is 1. The third-order valence-corrected chi connectivity index (χ3v) is 6.66. The number of hydrogen-bond donors (Lipinski definition) is 1. The van der Waals surface area contributed by atoms with Gasteiger partial charge in [-0.1, -0.05) is 60.7 Å². The maximum Gasteiger partial charge on any atom is 0.412 e. The Morgan fingerprint density at radius 2 is 1.83 bits per heavy atom. The Morgan fingerprint density at radius 1 is 1.09 bits per heavy atom. The van der Waals surface area contributed by atoms with E-state index in [2.05, 4.69) is 5.32 Å². The largest absolute Gasteiger partial charge is 0.467 e. The Bertz CT molecular complexity index is 1360. The molecule has 0 unspecified atom stereocenters. The Labute approximate surface area is 208 Å². The molecule has 0 radical (unpaired) electrons. The van der Waals surface area contributed by atoms with Crippen molar-refractivity contribution in [3.8, 4) is 0 Å². The predicted molar refractivity (Wildman–Crippen MR) is 137 cm³/mol. The second kappa shape index (κ2) is 10.2. The third-order valence-electron chi connectivity index (χ3n) is 6.30. The van der Waals surface area contributed by atoms with Crippen LogP contribution >= 0.6 is 12.2 Å². The first-order valence-electron chi connectivity index (χ1n) is 11.2. The number of pyridine rings is 1. The lowest BCUT2D eigenvalue weighted by atomic mass is 9.96. The summed E-state index contributed by atoms with van der Waals surface area (Å²) in [4.78, 5) is 38.7. The zero-order chi connectivity index (χ0) is 25.1. The van der Waals surface area contributed by atoms with E-state index in [0.717, 1.165) is 22.3 Å². The van der Waals surface area contributed by atoms with Gasteiger partial charge in [0.25, 0.3) is 5.56 Å². The number of amides is 1. The summed E-state index contributed by atoms with van der Waals surface area (Å²) in [5, 5.41) is 2.81. The zero-order valence-corrected chi connectivity index (χ0v) is 20.6. The molecule has 1 N–H and O–H groups in total. The highest BCUT2D eigenvalue weighted by molar-refractivity contribution is 7.80. The number of anilines is 1. The number of nitrogens with one attached hydrogen (secondary N) is 1. The van der Waals surface area contributed by atoms with Crippen molar-refractivity contribution in [2.24, 2.45) is 0 Å². The minimum atomic E-state index is -0.870. The molecule has 0 saturated carbocycles. The molecule has 180 valence electrons. The number of benzene rings is 2. The summed E-state index contributed by atoms with van der Waals surface area (Å²) in [5.41, 5.74) is 5.02. The fourth-order valence-corrected chi connectivity index (χ4v) is 4.65. The van der Waals surface area contributed by atoms with E-state index < -0.39 is 18.1 Å². The van der Waals surface area contributed by atoms with Crippen LogP contribution in [0.2, 0.25) is 0 Å². The van der Waals surface area contributed by atoms with Crippen LogP contribution in [0.5, 0.6) is 0 Å². The average Bonchev–Trinajstić information content (AvgIpc) is 3.21. The van der Waals surface area contributed by atoms with Gasteiger partial charge in [-0.05, 0) is 41.7 Å². The molecule has 8 heteroatoms. The molecule has 35 heavy (non-hydrogen) atoms. The van der Waals surface area contributed by atoms with Crippen molar-refractivity contribution in [2.45, 2.75) is 39.3 Å². The molecular formula is C27H26N2O5S. The summed E-state index contributed by atoms with van der Waals surface area (Å²) in [6.07, 6.45) is -0.129. The number of aromatic nitrogens is 1. The molecule has 7 nitrogen and oxygen atoms in total. The molecule has 1 aliphatic heterocycles. The highest BCUT2D eigenvalue weighted by atomic mass is 32.1. The van der Waals surface area contributed by atoms with E-state index in [1.165, 1.54) is 17.7 Å². The molecule has 2 aromatic carbocycles. The minimum Gasteiger partial charge on any atom is -0.467 e. The van der Waals surface area contributed by atoms with Gasteiger partial charge >= 0.3 is 12.1 Å². The molecule has 0 fully saturated rings. The second-order valence-corrected chi connectivity index (χ2v) is 8.98. The van der Waals surface area contributed by atoms with Crippen molar-refractivity contribution in [3.63, 3.8) is 0 Å². The van der Waals surface area contributed by atoms with Crippen LogP contribution in [0, 0.1) is 13.8 Å². The van der Waals surface area contributed by atoms with E-state index in [0.29, 0.717) is 28.2 Å². The number of ether oxygens (including phenoxy) is 2. The van der Waals surface area contributed by atoms with Crippen molar-refractivity contribution in [2.75, 3.05) is 12.4 Å². The molecule has 2 heterocycles. The van der Waals surface area contributed by atoms with E-state index in [9.17, 15) is 14.4 Å². The molecule has 0 spiro atoms. The number of esters is 1. The number of aryl methyl sites for hydroxylation is 1. The van der Waals surface area contributed by atoms with Gasteiger partial charge in [0.1, 0.15) is 12.6 Å². The highest BCUT2D eigenvalue weighted by Gasteiger charge is 2.37. The van der Waals surface area contributed by atoms with Gasteiger partial charge in [0.05, 0.1) is 18.5 Å². The molecule has 1 atom stereocenters. The first-order valence-corrected chi connectivity index (χ1v) is 11.6. The third kappa shape index (κ3) is 5.02. The van der Waals surface area contributed by atoms with Crippen LogP contribution in [-0.4, -0.2) is 28.6 Å². The molecular weight excluding hydrogens is 464 g/mol. The lowest BCUT2D eigenvalue weighted by Gasteiger charge is -2.19. The standard InChI is InChI=1S/C27H26N2O5S/c1-16-8-7-11-19(17(16)2)12-20-13-23(30)29-21(26(31)33-3)14-22(35)25(29)24(20)28-27(32)34-15-18-9-5-4-6-10-18/h4-11,13,21H,12,14-15H2,1-3H3,(H,28,32)/t21-/m1/s1. The number of fused-ring (bicyclic) bond motifs is 1. The normalized spacial score (nSPS) is 14.4. The topological polar surface area (TPSA) is 86.6 Å². The number of thiocarbonyl (C=S) groups is 1. The van der Waals surface area contributed by atoms with Gasteiger partial charge in [-0.3, -0.25) is 14.7 Å². The summed E-state index contributed by atoms with van der Waals surface area (Å²) in [5.74, 6) is -0.562. The monoisotopic (exact) mass is 490 g/mol. The van der Waals surface area contributed by atoms with Gasteiger partial charge in [0, 0.05) is 23.8 Å².